The third-order valence-electron chi connectivity index (χ3n) is 2.72. The van der Waals surface area contributed by atoms with Crippen LogP contribution in [-0.4, -0.2) is 9.55 Å². The van der Waals surface area contributed by atoms with Crippen molar-refractivity contribution in [3.63, 3.8) is 0 Å². The van der Waals surface area contributed by atoms with Gasteiger partial charge in [-0.1, -0.05) is 24.3 Å². The average molecular weight is 224 g/mol. The Balaban J connectivity index is 0.000000136. The zero-order chi connectivity index (χ0) is 12.1. The maximum absolute atomic E-state index is 4.18. The Labute approximate surface area is 102 Å². The third-order valence-corrected chi connectivity index (χ3v) is 2.72. The van der Waals surface area contributed by atoms with Gasteiger partial charge in [0.1, 0.15) is 0 Å². The van der Waals surface area contributed by atoms with E-state index in [0.717, 1.165) is 5.52 Å². The van der Waals surface area contributed by atoms with Gasteiger partial charge in [0.2, 0.25) is 0 Å². The van der Waals surface area contributed by atoms with Crippen molar-refractivity contribution in [1.29, 1.82) is 0 Å². The topological polar surface area (TPSA) is 17.8 Å². The smallest absolute Gasteiger partial charge is 0.0701 e. The molecule has 0 aliphatic heterocycles. The van der Waals surface area contributed by atoms with Crippen LogP contribution in [0.1, 0.15) is 5.69 Å². The van der Waals surface area contributed by atoms with E-state index in [4.69, 9.17) is 0 Å². The predicted octanol–water partition coefficient (Wildman–Crippen LogP) is 3.57. The molecule has 2 nitrogen and oxygen atoms in total. The minimum Gasteiger partial charge on any atom is -0.355 e. The van der Waals surface area contributed by atoms with Crippen LogP contribution in [0.5, 0.6) is 0 Å². The number of pyridine rings is 1. The maximum Gasteiger partial charge on any atom is 0.0701 e. The summed E-state index contributed by atoms with van der Waals surface area (Å²) in [5.74, 6) is 0. The molecule has 0 N–H and O–H groups in total. The second-order valence-electron chi connectivity index (χ2n) is 3.96. The Bertz CT molecular complexity index is 514. The van der Waals surface area contributed by atoms with Gasteiger partial charge in [0, 0.05) is 30.5 Å². The molecule has 0 saturated heterocycles. The van der Waals surface area contributed by atoms with E-state index in [1.165, 1.54) is 11.1 Å². The van der Waals surface area contributed by atoms with Crippen LogP contribution in [0.4, 0.5) is 0 Å². The number of hydrogen-bond acceptors (Lipinski definition) is 1. The summed E-state index contributed by atoms with van der Waals surface area (Å²) in [6.45, 7) is 2.08. The summed E-state index contributed by atoms with van der Waals surface area (Å²) in [6.07, 6.45) is 3.84. The summed E-state index contributed by atoms with van der Waals surface area (Å²) >= 11 is 0. The van der Waals surface area contributed by atoms with Crippen molar-refractivity contribution >= 4 is 10.9 Å². The fourth-order valence-corrected chi connectivity index (χ4v) is 1.56. The molecule has 3 rings (SSSR count). The average Bonchev–Trinajstić information content (AvgIpc) is 2.75. The number of hydrogen-bond donors (Lipinski definition) is 0. The van der Waals surface area contributed by atoms with Gasteiger partial charge < -0.3 is 4.57 Å². The zero-order valence-corrected chi connectivity index (χ0v) is 10.2. The van der Waals surface area contributed by atoms with Crippen LogP contribution in [0.15, 0.2) is 60.9 Å². The molecule has 0 saturated carbocycles. The number of benzene rings is 1. The van der Waals surface area contributed by atoms with Crippen LogP contribution in [0.2, 0.25) is 0 Å². The van der Waals surface area contributed by atoms with Crippen LogP contribution >= 0.6 is 0 Å². The molecule has 3 aromatic rings. The van der Waals surface area contributed by atoms with Crippen molar-refractivity contribution in [3.8, 4) is 0 Å². The molecule has 0 aliphatic rings. The minimum absolute atomic E-state index is 1.06. The molecule has 2 heteroatoms. The summed E-state index contributed by atoms with van der Waals surface area (Å²) in [5.41, 5.74) is 2.37. The first kappa shape index (κ1) is 11.4. The lowest BCUT2D eigenvalue weighted by molar-refractivity contribution is 0.882. The standard InChI is InChI=1S/C9H7N.C6H9N/c1-2-6-9-8(4-1)5-3-7-10-9;1-6-4-3-5-7(6)2/h1-7H;3-5H,1-2H3. The van der Waals surface area contributed by atoms with Crippen LogP contribution in [0.3, 0.4) is 0 Å². The van der Waals surface area contributed by atoms with E-state index >= 15 is 0 Å². The van der Waals surface area contributed by atoms with Crippen molar-refractivity contribution in [2.24, 2.45) is 7.05 Å². The van der Waals surface area contributed by atoms with Gasteiger partial charge in [-0.05, 0) is 31.2 Å². The second-order valence-corrected chi connectivity index (χ2v) is 3.96. The van der Waals surface area contributed by atoms with Crippen molar-refractivity contribution in [2.45, 2.75) is 6.92 Å². The van der Waals surface area contributed by atoms with Crippen LogP contribution in [0, 0.1) is 6.92 Å². The highest BCUT2D eigenvalue weighted by Crippen LogP contribution is 2.07. The molecule has 2 heterocycles. The Morgan fingerprint density at radius 1 is 0.941 bits per heavy atom. The highest BCUT2D eigenvalue weighted by molar-refractivity contribution is 5.77. The first-order valence-electron chi connectivity index (χ1n) is 5.65. The van der Waals surface area contributed by atoms with Crippen molar-refractivity contribution in [3.05, 3.63) is 66.6 Å². The molecule has 0 aliphatic carbocycles. The summed E-state index contributed by atoms with van der Waals surface area (Å²) in [5, 5.41) is 1.20. The van der Waals surface area contributed by atoms with Gasteiger partial charge >= 0.3 is 0 Å². The van der Waals surface area contributed by atoms with E-state index in [1.54, 1.807) is 0 Å². The Morgan fingerprint density at radius 3 is 2.29 bits per heavy atom. The van der Waals surface area contributed by atoms with Gasteiger partial charge in [0.25, 0.3) is 0 Å². The molecule has 17 heavy (non-hydrogen) atoms. The minimum atomic E-state index is 1.06. The quantitative estimate of drug-likeness (QED) is 0.571. The molecule has 0 radical (unpaired) electrons. The van der Waals surface area contributed by atoms with E-state index in [0.29, 0.717) is 0 Å². The lowest BCUT2D eigenvalue weighted by Crippen LogP contribution is -1.84. The van der Waals surface area contributed by atoms with Gasteiger partial charge in [0.15, 0.2) is 0 Å². The van der Waals surface area contributed by atoms with E-state index in [2.05, 4.69) is 34.7 Å². The van der Waals surface area contributed by atoms with Crippen LogP contribution in [0.25, 0.3) is 10.9 Å². The van der Waals surface area contributed by atoms with Crippen LogP contribution < -0.4 is 0 Å². The van der Waals surface area contributed by atoms with Gasteiger partial charge in [-0.3, -0.25) is 4.98 Å². The summed E-state index contributed by atoms with van der Waals surface area (Å²) in [4.78, 5) is 4.18. The zero-order valence-electron chi connectivity index (χ0n) is 10.2. The molecular formula is C15H16N2. The molecule has 0 fully saturated rings. The van der Waals surface area contributed by atoms with E-state index in [9.17, 15) is 0 Å². The van der Waals surface area contributed by atoms with Gasteiger partial charge in [-0.15, -0.1) is 0 Å². The summed E-state index contributed by atoms with van der Waals surface area (Å²) < 4.78 is 2.08. The Kier molecular flexibility index (Phi) is 3.55. The summed E-state index contributed by atoms with van der Waals surface area (Å²) in [6, 6.07) is 16.2. The van der Waals surface area contributed by atoms with Crippen molar-refractivity contribution in [1.82, 2.24) is 9.55 Å². The van der Waals surface area contributed by atoms with E-state index < -0.39 is 0 Å². The van der Waals surface area contributed by atoms with E-state index in [-0.39, 0.29) is 0 Å². The molecule has 2 aromatic heterocycles. The number of nitrogens with zero attached hydrogens (tertiary/aromatic N) is 2. The largest absolute Gasteiger partial charge is 0.355 e. The molecule has 1 aromatic carbocycles. The fourth-order valence-electron chi connectivity index (χ4n) is 1.56. The molecule has 0 spiro atoms. The van der Waals surface area contributed by atoms with E-state index in [1.807, 2.05) is 49.8 Å². The van der Waals surface area contributed by atoms with Crippen molar-refractivity contribution in [2.75, 3.05) is 0 Å². The maximum atomic E-state index is 4.18. The third kappa shape index (κ3) is 2.94. The highest BCUT2D eigenvalue weighted by Gasteiger charge is 1.86. The second kappa shape index (κ2) is 5.30. The van der Waals surface area contributed by atoms with Crippen LogP contribution in [-0.2, 0) is 7.05 Å². The first-order chi connectivity index (χ1) is 8.27. The number of aromatic nitrogens is 2. The van der Waals surface area contributed by atoms with Gasteiger partial charge in [0.05, 0.1) is 5.52 Å². The number of rotatable bonds is 0. The molecule has 0 amide bonds. The first-order valence-corrected chi connectivity index (χ1v) is 5.65. The normalized spacial score (nSPS) is 9.76. The van der Waals surface area contributed by atoms with Gasteiger partial charge in [-0.25, -0.2) is 0 Å². The van der Waals surface area contributed by atoms with Gasteiger partial charge in [-0.2, -0.15) is 0 Å². The van der Waals surface area contributed by atoms with Crippen molar-refractivity contribution < 1.29 is 0 Å². The molecule has 0 unspecified atom stereocenters. The number of para-hydroxylation sites is 1. The fraction of sp³-hybridized carbons (Fsp3) is 0.133. The number of fused-ring (bicyclic) bond motifs is 1. The summed E-state index contributed by atoms with van der Waals surface area (Å²) in [7, 11) is 2.04. The molecule has 0 bridgehead atoms. The SMILES string of the molecule is Cc1cccn1C.c1ccc2ncccc2c1. The highest BCUT2D eigenvalue weighted by atomic mass is 14.9. The molecule has 86 valence electrons. The predicted molar refractivity (Wildman–Crippen MR) is 71.9 cm³/mol. The number of aryl methyl sites for hydroxylation is 2. The lowest BCUT2D eigenvalue weighted by atomic mass is 10.2. The lowest BCUT2D eigenvalue weighted by Gasteiger charge is -1.91. The molecule has 0 atom stereocenters. The Hall–Kier alpha value is -2.09. The monoisotopic (exact) mass is 224 g/mol. The molecular weight excluding hydrogens is 208 g/mol. The Morgan fingerprint density at radius 2 is 1.71 bits per heavy atom.